The Morgan fingerprint density at radius 1 is 1.69 bits per heavy atom. The Labute approximate surface area is 93.7 Å². The summed E-state index contributed by atoms with van der Waals surface area (Å²) in [6.07, 6.45) is 1.72. The summed E-state index contributed by atoms with van der Waals surface area (Å²) in [6.45, 7) is 3.94. The molecule has 1 unspecified atom stereocenters. The highest BCUT2D eigenvalue weighted by Gasteiger charge is 2.22. The average molecular weight is 222 g/mol. The molecule has 0 bridgehead atoms. The number of hydrogen-bond donors (Lipinski definition) is 1. The third-order valence-electron chi connectivity index (χ3n) is 2.56. The van der Waals surface area contributed by atoms with Crippen molar-refractivity contribution in [3.63, 3.8) is 0 Å². The van der Waals surface area contributed by atoms with E-state index < -0.39 is 5.97 Å². The largest absolute Gasteiger partial charge is 0.478 e. The van der Waals surface area contributed by atoms with Gasteiger partial charge in [-0.1, -0.05) is 0 Å². The van der Waals surface area contributed by atoms with Gasteiger partial charge in [0, 0.05) is 19.3 Å². The third kappa shape index (κ3) is 2.14. The number of anilines is 1. The molecule has 0 aromatic carbocycles. The number of carboxylic acid groups (broad SMARTS) is 1. The molecule has 1 saturated heterocycles. The fourth-order valence-corrected chi connectivity index (χ4v) is 1.83. The Morgan fingerprint density at radius 3 is 3.19 bits per heavy atom. The van der Waals surface area contributed by atoms with Crippen molar-refractivity contribution < 1.29 is 14.6 Å². The highest BCUT2D eigenvalue weighted by atomic mass is 16.5. The zero-order chi connectivity index (χ0) is 11.5. The molecule has 5 heteroatoms. The molecule has 0 aliphatic carbocycles. The standard InChI is InChI=1S/C11H14N2O3/c1-8-7-13(5-6-16-8)10-9(11(14)15)3-2-4-12-10/h2-4,8H,5-7H2,1H3,(H,14,15). The first-order valence-electron chi connectivity index (χ1n) is 5.23. The van der Waals surface area contributed by atoms with Crippen LogP contribution in [0.5, 0.6) is 0 Å². The van der Waals surface area contributed by atoms with Crippen LogP contribution in [0.3, 0.4) is 0 Å². The van der Waals surface area contributed by atoms with Gasteiger partial charge in [0.15, 0.2) is 0 Å². The number of aromatic nitrogens is 1. The van der Waals surface area contributed by atoms with Crippen LogP contribution in [0.25, 0.3) is 0 Å². The second-order valence-electron chi connectivity index (χ2n) is 3.81. The minimum absolute atomic E-state index is 0.109. The van der Waals surface area contributed by atoms with Gasteiger partial charge >= 0.3 is 5.97 Å². The van der Waals surface area contributed by atoms with E-state index in [2.05, 4.69) is 4.98 Å². The van der Waals surface area contributed by atoms with E-state index in [0.717, 1.165) is 0 Å². The maximum atomic E-state index is 11.0. The van der Waals surface area contributed by atoms with Crippen LogP contribution in [-0.4, -0.2) is 41.9 Å². The molecule has 16 heavy (non-hydrogen) atoms. The Balaban J connectivity index is 2.28. The lowest BCUT2D eigenvalue weighted by molar-refractivity contribution is 0.0524. The van der Waals surface area contributed by atoms with Crippen molar-refractivity contribution in [2.75, 3.05) is 24.6 Å². The number of carboxylic acids is 1. The molecule has 1 aliphatic rings. The number of hydrogen-bond acceptors (Lipinski definition) is 4. The summed E-state index contributed by atoms with van der Waals surface area (Å²) in [5, 5.41) is 9.06. The van der Waals surface area contributed by atoms with Gasteiger partial charge in [-0.05, 0) is 19.1 Å². The molecule has 0 amide bonds. The van der Waals surface area contributed by atoms with Crippen LogP contribution >= 0.6 is 0 Å². The number of morpholine rings is 1. The van der Waals surface area contributed by atoms with Crippen molar-refractivity contribution >= 4 is 11.8 Å². The Bertz CT molecular complexity index is 395. The van der Waals surface area contributed by atoms with E-state index in [9.17, 15) is 4.79 Å². The average Bonchev–Trinajstić information content (AvgIpc) is 2.29. The maximum absolute atomic E-state index is 11.0. The summed E-state index contributed by atoms with van der Waals surface area (Å²) in [5.41, 5.74) is 0.247. The van der Waals surface area contributed by atoms with Crippen molar-refractivity contribution in [1.29, 1.82) is 0 Å². The normalized spacial score (nSPS) is 20.8. The first-order valence-corrected chi connectivity index (χ1v) is 5.23. The highest BCUT2D eigenvalue weighted by Crippen LogP contribution is 2.19. The summed E-state index contributed by atoms with van der Waals surface area (Å²) in [6, 6.07) is 3.21. The van der Waals surface area contributed by atoms with Crippen LogP contribution < -0.4 is 4.90 Å². The zero-order valence-corrected chi connectivity index (χ0v) is 9.09. The first-order chi connectivity index (χ1) is 7.68. The fraction of sp³-hybridized carbons (Fsp3) is 0.455. The van der Waals surface area contributed by atoms with Gasteiger partial charge in [-0.25, -0.2) is 9.78 Å². The minimum atomic E-state index is -0.942. The van der Waals surface area contributed by atoms with Crippen molar-refractivity contribution in [1.82, 2.24) is 4.98 Å². The van der Waals surface area contributed by atoms with Crippen molar-refractivity contribution in [2.24, 2.45) is 0 Å². The van der Waals surface area contributed by atoms with E-state index >= 15 is 0 Å². The van der Waals surface area contributed by atoms with Gasteiger partial charge in [0.05, 0.1) is 12.7 Å². The van der Waals surface area contributed by atoms with Gasteiger partial charge in [0.25, 0.3) is 0 Å². The van der Waals surface area contributed by atoms with Crippen LogP contribution in [0.15, 0.2) is 18.3 Å². The topological polar surface area (TPSA) is 62.7 Å². The summed E-state index contributed by atoms with van der Waals surface area (Å²) in [5.74, 6) is -0.410. The maximum Gasteiger partial charge on any atom is 0.339 e. The van der Waals surface area contributed by atoms with Gasteiger partial charge in [-0.3, -0.25) is 0 Å². The van der Waals surface area contributed by atoms with Gasteiger partial charge in [0.2, 0.25) is 0 Å². The van der Waals surface area contributed by atoms with Crippen LogP contribution in [0, 0.1) is 0 Å². The van der Waals surface area contributed by atoms with E-state index in [1.165, 1.54) is 0 Å². The molecule has 1 aromatic rings. The van der Waals surface area contributed by atoms with Crippen LogP contribution in [0.4, 0.5) is 5.82 Å². The number of pyridine rings is 1. The second-order valence-corrected chi connectivity index (χ2v) is 3.81. The summed E-state index contributed by atoms with van der Waals surface area (Å²) >= 11 is 0. The van der Waals surface area contributed by atoms with E-state index in [0.29, 0.717) is 25.5 Å². The number of nitrogens with zero attached hydrogens (tertiary/aromatic N) is 2. The second kappa shape index (κ2) is 4.49. The predicted molar refractivity (Wildman–Crippen MR) is 58.8 cm³/mol. The lowest BCUT2D eigenvalue weighted by Crippen LogP contribution is -2.42. The third-order valence-corrected chi connectivity index (χ3v) is 2.56. The molecule has 2 heterocycles. The van der Waals surface area contributed by atoms with Gasteiger partial charge in [-0.2, -0.15) is 0 Å². The minimum Gasteiger partial charge on any atom is -0.478 e. The van der Waals surface area contributed by atoms with Gasteiger partial charge in [0.1, 0.15) is 11.4 Å². The molecule has 1 atom stereocenters. The smallest absolute Gasteiger partial charge is 0.339 e. The van der Waals surface area contributed by atoms with E-state index in [1.54, 1.807) is 18.3 Å². The molecule has 1 fully saturated rings. The first kappa shape index (κ1) is 10.9. The van der Waals surface area contributed by atoms with E-state index in [4.69, 9.17) is 9.84 Å². The predicted octanol–water partition coefficient (Wildman–Crippen LogP) is 1.00. The Kier molecular flexibility index (Phi) is 3.05. The Morgan fingerprint density at radius 2 is 2.50 bits per heavy atom. The van der Waals surface area contributed by atoms with E-state index in [-0.39, 0.29) is 11.7 Å². The molecular weight excluding hydrogens is 208 g/mol. The molecule has 0 radical (unpaired) electrons. The molecule has 0 spiro atoms. The van der Waals surface area contributed by atoms with Crippen LogP contribution in [-0.2, 0) is 4.74 Å². The summed E-state index contributed by atoms with van der Waals surface area (Å²) < 4.78 is 5.41. The summed E-state index contributed by atoms with van der Waals surface area (Å²) in [7, 11) is 0. The van der Waals surface area contributed by atoms with Crippen molar-refractivity contribution in [3.05, 3.63) is 23.9 Å². The monoisotopic (exact) mass is 222 g/mol. The summed E-state index contributed by atoms with van der Waals surface area (Å²) in [4.78, 5) is 17.2. The molecular formula is C11H14N2O3. The molecule has 1 aromatic heterocycles. The van der Waals surface area contributed by atoms with Gasteiger partial charge < -0.3 is 14.7 Å². The zero-order valence-electron chi connectivity index (χ0n) is 9.09. The number of carbonyl (C=O) groups is 1. The van der Waals surface area contributed by atoms with Gasteiger partial charge in [-0.15, -0.1) is 0 Å². The van der Waals surface area contributed by atoms with E-state index in [1.807, 2.05) is 11.8 Å². The fourth-order valence-electron chi connectivity index (χ4n) is 1.83. The quantitative estimate of drug-likeness (QED) is 0.809. The van der Waals surface area contributed by atoms with Crippen LogP contribution in [0.1, 0.15) is 17.3 Å². The lowest BCUT2D eigenvalue weighted by atomic mass is 10.2. The number of aromatic carboxylic acids is 1. The highest BCUT2D eigenvalue weighted by molar-refractivity contribution is 5.93. The molecule has 2 rings (SSSR count). The number of rotatable bonds is 2. The van der Waals surface area contributed by atoms with Crippen molar-refractivity contribution in [2.45, 2.75) is 13.0 Å². The molecule has 1 aliphatic heterocycles. The Hall–Kier alpha value is -1.62. The lowest BCUT2D eigenvalue weighted by Gasteiger charge is -2.32. The molecule has 1 N–H and O–H groups in total. The molecule has 86 valence electrons. The molecule has 5 nitrogen and oxygen atoms in total. The molecule has 0 saturated carbocycles. The van der Waals surface area contributed by atoms with Crippen LogP contribution in [0.2, 0.25) is 0 Å². The SMILES string of the molecule is CC1CN(c2ncccc2C(=O)O)CCO1. The van der Waals surface area contributed by atoms with Crippen molar-refractivity contribution in [3.8, 4) is 0 Å². The number of ether oxygens (including phenoxy) is 1.